The van der Waals surface area contributed by atoms with E-state index in [0.717, 1.165) is 18.5 Å². The Labute approximate surface area is 380 Å². The van der Waals surface area contributed by atoms with Crippen LogP contribution in [0, 0.1) is 27.6 Å². The lowest BCUT2D eigenvalue weighted by Gasteiger charge is -2.63. The quantitative estimate of drug-likeness (QED) is 0.0775. The predicted molar refractivity (Wildman–Crippen MR) is 242 cm³/mol. The molecule has 2 fully saturated rings. The molecular weight excluding hydrogens is 840 g/mol. The third-order valence-corrected chi connectivity index (χ3v) is 12.4. The van der Waals surface area contributed by atoms with Gasteiger partial charge < -0.3 is 45.9 Å². The number of aromatic carboxylic acids is 1. The van der Waals surface area contributed by atoms with Crippen molar-refractivity contribution in [1.29, 1.82) is 5.26 Å². The Morgan fingerprint density at radius 2 is 1.59 bits per heavy atom. The summed E-state index contributed by atoms with van der Waals surface area (Å²) in [6, 6.07) is 18.4. The number of carboxylic acids is 1. The number of aliphatic hydroxyl groups is 1. The minimum atomic E-state index is -1.06. The number of hydrogen-bond acceptors (Lipinski definition) is 10. The Kier molecular flexibility index (Phi) is 16.1. The topological polar surface area (TPSA) is 219 Å². The van der Waals surface area contributed by atoms with Crippen molar-refractivity contribution in [3.05, 3.63) is 94.0 Å². The molecule has 15 nitrogen and oxygen atoms in total. The van der Waals surface area contributed by atoms with E-state index in [4.69, 9.17) is 26.2 Å². The van der Waals surface area contributed by atoms with Gasteiger partial charge in [-0.2, -0.15) is 5.26 Å². The normalized spacial score (nSPS) is 20.2. The Balaban J connectivity index is 0.992. The van der Waals surface area contributed by atoms with Gasteiger partial charge in [-0.05, 0) is 78.8 Å². The summed E-state index contributed by atoms with van der Waals surface area (Å²) in [5, 5.41) is 41.3. The molecular formula is C48H61ClN6O9. The van der Waals surface area contributed by atoms with E-state index in [1.165, 1.54) is 17.0 Å². The number of unbranched alkanes of at least 4 members (excludes halogenated alkanes) is 2. The van der Waals surface area contributed by atoms with Gasteiger partial charge in [-0.25, -0.2) is 4.79 Å². The molecule has 0 aromatic heterocycles. The number of nitrogens with zero attached hydrogens (tertiary/aromatic N) is 2. The summed E-state index contributed by atoms with van der Waals surface area (Å²) in [5.41, 5.74) is 1.11. The van der Waals surface area contributed by atoms with Crippen molar-refractivity contribution in [1.82, 2.24) is 20.9 Å². The molecule has 6 N–H and O–H groups in total. The lowest BCUT2D eigenvalue weighted by molar-refractivity contribution is -0.164. The second-order valence-electron chi connectivity index (χ2n) is 18.9. The lowest BCUT2D eigenvalue weighted by atomic mass is 9.49. The number of likely N-dealkylation sites (tertiary alicyclic amines) is 1. The summed E-state index contributed by atoms with van der Waals surface area (Å²) in [4.78, 5) is 65.8. The van der Waals surface area contributed by atoms with Gasteiger partial charge in [0.25, 0.3) is 5.91 Å². The number of hydrogen-bond donors (Lipinski definition) is 6. The number of halogens is 1. The summed E-state index contributed by atoms with van der Waals surface area (Å²) in [6.07, 6.45) is 1.31. The average Bonchev–Trinajstić information content (AvgIpc) is 3.65. The highest BCUT2D eigenvalue weighted by Gasteiger charge is 2.64. The third kappa shape index (κ3) is 12.1. The van der Waals surface area contributed by atoms with Crippen molar-refractivity contribution in [3.8, 4) is 11.8 Å². The van der Waals surface area contributed by atoms with Gasteiger partial charge in [-0.15, -0.1) is 0 Å². The number of carbonyl (C=O) groups excluding carboxylic acids is 4. The third-order valence-electron chi connectivity index (χ3n) is 12.1. The molecule has 0 radical (unpaired) electrons. The zero-order chi connectivity index (χ0) is 47.0. The number of benzene rings is 3. The van der Waals surface area contributed by atoms with Gasteiger partial charge in [-0.1, -0.05) is 72.2 Å². The molecule has 3 aromatic carbocycles. The number of amides is 4. The van der Waals surface area contributed by atoms with Crippen LogP contribution >= 0.6 is 11.6 Å². The van der Waals surface area contributed by atoms with Gasteiger partial charge in [0.1, 0.15) is 36.6 Å². The first-order valence-electron chi connectivity index (χ1n) is 21.6. The number of carbonyl (C=O) groups is 5. The van der Waals surface area contributed by atoms with Crippen LogP contribution in [0.2, 0.25) is 5.02 Å². The fraction of sp³-hybridized carbons (Fsp3) is 0.500. The average molecular weight is 902 g/mol. The number of carboxylic acid groups (broad SMARTS) is 1. The van der Waals surface area contributed by atoms with Crippen molar-refractivity contribution in [3.63, 3.8) is 0 Å². The molecule has 64 heavy (non-hydrogen) atoms. The second-order valence-corrected chi connectivity index (χ2v) is 19.3. The van der Waals surface area contributed by atoms with E-state index < -0.39 is 47.3 Å². The zero-order valence-corrected chi connectivity index (χ0v) is 38.4. The van der Waals surface area contributed by atoms with E-state index in [2.05, 4.69) is 55.0 Å². The zero-order valence-electron chi connectivity index (χ0n) is 37.6. The number of aliphatic hydroxyl groups excluding tert-OH is 1. The molecule has 344 valence electrons. The number of rotatable bonds is 19. The first-order chi connectivity index (χ1) is 30.1. The maximum Gasteiger partial charge on any atom is 0.335 e. The van der Waals surface area contributed by atoms with E-state index in [1.807, 2.05) is 12.1 Å². The van der Waals surface area contributed by atoms with Gasteiger partial charge in [-0.3, -0.25) is 19.2 Å². The van der Waals surface area contributed by atoms with Crippen LogP contribution in [-0.4, -0.2) is 101 Å². The summed E-state index contributed by atoms with van der Waals surface area (Å²) in [7, 11) is 0. The fourth-order valence-electron chi connectivity index (χ4n) is 8.85. The number of nitrogens with one attached hydrogen (secondary N) is 4. The fourth-order valence-corrected chi connectivity index (χ4v) is 9.06. The molecule has 4 amide bonds. The summed E-state index contributed by atoms with van der Waals surface area (Å²) in [6.45, 7) is 14.5. The van der Waals surface area contributed by atoms with E-state index in [-0.39, 0.29) is 60.6 Å². The van der Waals surface area contributed by atoms with Crippen LogP contribution in [0.25, 0.3) is 0 Å². The molecule has 3 aromatic rings. The van der Waals surface area contributed by atoms with Gasteiger partial charge >= 0.3 is 5.97 Å². The smallest absolute Gasteiger partial charge is 0.335 e. The van der Waals surface area contributed by atoms with E-state index in [0.29, 0.717) is 47.0 Å². The first-order valence-corrected chi connectivity index (χ1v) is 22.0. The number of β-amino-alcohol motifs (C(OH)–C–C–N with tert-alkyl or cyclic N) is 1. The molecule has 1 heterocycles. The summed E-state index contributed by atoms with van der Waals surface area (Å²) >= 11 is 6.23. The Morgan fingerprint density at radius 1 is 0.938 bits per heavy atom. The molecule has 0 spiro atoms. The van der Waals surface area contributed by atoms with E-state index >= 15 is 0 Å². The highest BCUT2D eigenvalue weighted by Crippen LogP contribution is 2.55. The Hall–Kier alpha value is -5.69. The van der Waals surface area contributed by atoms with Gasteiger partial charge in [0.15, 0.2) is 0 Å². The minimum absolute atomic E-state index is 0.0428. The predicted octanol–water partition coefficient (Wildman–Crippen LogP) is 5.93. The van der Waals surface area contributed by atoms with Crippen LogP contribution in [0.3, 0.4) is 0 Å². The Morgan fingerprint density at radius 3 is 2.20 bits per heavy atom. The van der Waals surface area contributed by atoms with E-state index in [9.17, 15) is 34.3 Å². The van der Waals surface area contributed by atoms with Gasteiger partial charge in [0, 0.05) is 66.9 Å². The molecule has 1 aliphatic heterocycles. The van der Waals surface area contributed by atoms with Crippen molar-refractivity contribution >= 4 is 46.9 Å². The molecule has 2 aliphatic rings. The van der Waals surface area contributed by atoms with E-state index in [1.54, 1.807) is 63.2 Å². The highest BCUT2D eigenvalue weighted by molar-refractivity contribution is 6.31. The van der Waals surface area contributed by atoms with Gasteiger partial charge in [0.05, 0.1) is 22.3 Å². The minimum Gasteiger partial charge on any atom is -0.489 e. The number of anilines is 1. The monoisotopic (exact) mass is 900 g/mol. The molecule has 1 saturated heterocycles. The second kappa shape index (κ2) is 20.9. The first kappa shape index (κ1) is 49.3. The molecule has 1 aliphatic carbocycles. The number of nitriles is 1. The van der Waals surface area contributed by atoms with Crippen molar-refractivity contribution < 1.29 is 43.7 Å². The molecule has 5 rings (SSSR count). The van der Waals surface area contributed by atoms with Crippen LogP contribution in [0.5, 0.6) is 5.75 Å². The summed E-state index contributed by atoms with van der Waals surface area (Å²) in [5.74, 6) is -2.07. The molecule has 0 unspecified atom stereocenters. The SMILES string of the molecule is CC(C)(C)[C@H](NC(=O)COCCCCCNc1ccc(C(=O)N[C@H]2C(C)(C)[C@H](Oc3ccc(C#N)c(Cl)c3)C2(C)C)cc1)C(=O)N1C[C@H](O)C[C@H]1C(=O)NCc1ccc(C(=O)O)cc1. The van der Waals surface area contributed by atoms with Crippen LogP contribution < -0.4 is 26.0 Å². The summed E-state index contributed by atoms with van der Waals surface area (Å²) < 4.78 is 12.0. The molecule has 3 atom stereocenters. The standard InChI is InChI=1S/C48H61ClN6O9/c1-46(2,3)39(42(60)55-27-34(56)23-37(55)41(59)52-26-29-11-13-31(14-12-29)43(61)62)53-38(57)28-63-22-10-8-9-21-51-33-18-15-30(16-19-33)40(58)54-44-47(4,5)45(48(44,6)7)64-35-20-17-32(25-50)36(49)24-35/h11-20,24,34,37,39,44-45,51,56H,8-10,21-23,26-28H2,1-7H3,(H,52,59)(H,53,57)(H,54,58)(H,61,62)/t34-,37+,39-,44-,45-/m1/s1. The number of ether oxygens (including phenoxy) is 2. The molecule has 1 saturated carbocycles. The van der Waals surface area contributed by atoms with Crippen LogP contribution in [0.1, 0.15) is 106 Å². The van der Waals surface area contributed by atoms with Crippen molar-refractivity contribution in [2.75, 3.05) is 31.6 Å². The van der Waals surface area contributed by atoms with Crippen LogP contribution in [0.4, 0.5) is 5.69 Å². The van der Waals surface area contributed by atoms with Crippen LogP contribution in [-0.2, 0) is 25.7 Å². The highest BCUT2D eigenvalue weighted by atomic mass is 35.5. The largest absolute Gasteiger partial charge is 0.489 e. The Bertz CT molecular complexity index is 2180. The molecule has 0 bridgehead atoms. The maximum absolute atomic E-state index is 13.8. The maximum atomic E-state index is 13.8. The van der Waals surface area contributed by atoms with Crippen LogP contribution in [0.15, 0.2) is 66.7 Å². The molecule has 16 heteroatoms. The van der Waals surface area contributed by atoms with Crippen molar-refractivity contribution in [2.24, 2.45) is 16.2 Å². The van der Waals surface area contributed by atoms with Gasteiger partial charge in [0.2, 0.25) is 17.7 Å². The lowest BCUT2D eigenvalue weighted by Crippen LogP contribution is -2.74. The van der Waals surface area contributed by atoms with Crippen molar-refractivity contribution in [2.45, 2.75) is 111 Å².